The van der Waals surface area contributed by atoms with Gasteiger partial charge in [0.05, 0.1) is 4.87 Å². The lowest BCUT2D eigenvalue weighted by Gasteiger charge is -2.30. The molecule has 2 heterocycles. The molecule has 2 aliphatic rings. The second-order valence-electron chi connectivity index (χ2n) is 3.91. The van der Waals surface area contributed by atoms with E-state index in [1.165, 1.54) is 5.75 Å². The van der Waals surface area contributed by atoms with E-state index in [2.05, 4.69) is 11.9 Å². The summed E-state index contributed by atoms with van der Waals surface area (Å²) in [4.78, 5) is 15.8. The lowest BCUT2D eigenvalue weighted by molar-refractivity contribution is -0.128. The van der Waals surface area contributed by atoms with Gasteiger partial charge in [-0.3, -0.25) is 9.69 Å². The van der Waals surface area contributed by atoms with Crippen molar-refractivity contribution in [1.29, 1.82) is 0 Å². The van der Waals surface area contributed by atoms with E-state index in [-0.39, 0.29) is 10.8 Å². The minimum atomic E-state index is 0.220. The smallest absolute Gasteiger partial charge is 0.219 e. The van der Waals surface area contributed by atoms with Crippen molar-refractivity contribution in [2.45, 2.75) is 18.2 Å². The lowest BCUT2D eigenvalue weighted by Crippen LogP contribution is -2.42. The number of amides is 1. The Labute approximate surface area is 83.5 Å². The van der Waals surface area contributed by atoms with E-state index in [9.17, 15) is 4.79 Å². The van der Waals surface area contributed by atoms with Crippen LogP contribution in [0, 0.1) is 0 Å². The van der Waals surface area contributed by atoms with Crippen molar-refractivity contribution in [3.8, 4) is 0 Å². The third-order valence-electron chi connectivity index (χ3n) is 3.15. The van der Waals surface area contributed by atoms with Gasteiger partial charge >= 0.3 is 0 Å². The van der Waals surface area contributed by atoms with Crippen molar-refractivity contribution in [2.24, 2.45) is 0 Å². The standard InChI is InChI=1S/C9H16N2OS/c1-8(12)11-4-3-9(7-11)10(2)5-6-13-9/h3-7H2,1-2H3. The average molecular weight is 200 g/mol. The van der Waals surface area contributed by atoms with E-state index in [1.54, 1.807) is 6.92 Å². The molecule has 2 aliphatic heterocycles. The Morgan fingerprint density at radius 1 is 1.46 bits per heavy atom. The normalized spacial score (nSPS) is 34.8. The molecule has 74 valence electrons. The molecule has 0 aromatic heterocycles. The minimum Gasteiger partial charge on any atom is -0.340 e. The molecule has 0 saturated carbocycles. The Morgan fingerprint density at radius 2 is 2.23 bits per heavy atom. The summed E-state index contributed by atoms with van der Waals surface area (Å²) in [6.07, 6.45) is 1.13. The second kappa shape index (κ2) is 3.17. The molecule has 2 saturated heterocycles. The van der Waals surface area contributed by atoms with E-state index in [0.29, 0.717) is 0 Å². The second-order valence-corrected chi connectivity index (χ2v) is 5.36. The highest BCUT2D eigenvalue weighted by Crippen LogP contribution is 2.41. The van der Waals surface area contributed by atoms with Crippen LogP contribution in [0.4, 0.5) is 0 Å². The number of hydrogen-bond donors (Lipinski definition) is 0. The molecule has 3 nitrogen and oxygen atoms in total. The van der Waals surface area contributed by atoms with E-state index in [0.717, 1.165) is 26.1 Å². The van der Waals surface area contributed by atoms with Crippen LogP contribution in [0.5, 0.6) is 0 Å². The average Bonchev–Trinajstić information content (AvgIpc) is 2.63. The monoisotopic (exact) mass is 200 g/mol. The zero-order valence-corrected chi connectivity index (χ0v) is 9.06. The summed E-state index contributed by atoms with van der Waals surface area (Å²) >= 11 is 2.01. The van der Waals surface area contributed by atoms with Gasteiger partial charge in [-0.25, -0.2) is 0 Å². The van der Waals surface area contributed by atoms with Crippen LogP contribution in [0.25, 0.3) is 0 Å². The molecule has 0 N–H and O–H groups in total. The van der Waals surface area contributed by atoms with Gasteiger partial charge in [0.2, 0.25) is 5.91 Å². The summed E-state index contributed by atoms with van der Waals surface area (Å²) in [5.74, 6) is 1.43. The fourth-order valence-electron chi connectivity index (χ4n) is 2.15. The van der Waals surface area contributed by atoms with Gasteiger partial charge in [0.25, 0.3) is 0 Å². The maximum Gasteiger partial charge on any atom is 0.219 e. The fourth-order valence-corrected chi connectivity index (χ4v) is 3.69. The zero-order chi connectivity index (χ0) is 9.47. The molecule has 1 spiro atoms. The maximum atomic E-state index is 11.2. The first-order chi connectivity index (χ1) is 6.14. The first kappa shape index (κ1) is 9.34. The molecule has 1 amide bonds. The molecular weight excluding hydrogens is 184 g/mol. The van der Waals surface area contributed by atoms with Gasteiger partial charge in [-0.05, 0) is 13.5 Å². The summed E-state index contributed by atoms with van der Waals surface area (Å²) in [6.45, 7) is 4.69. The van der Waals surface area contributed by atoms with Crippen LogP contribution in [0.3, 0.4) is 0 Å². The number of likely N-dealkylation sites (tertiary alicyclic amines) is 1. The van der Waals surface area contributed by atoms with Crippen LogP contribution < -0.4 is 0 Å². The number of nitrogens with zero attached hydrogens (tertiary/aromatic N) is 2. The lowest BCUT2D eigenvalue weighted by atomic mass is 10.2. The molecule has 1 atom stereocenters. The molecule has 0 aromatic rings. The van der Waals surface area contributed by atoms with E-state index in [4.69, 9.17) is 0 Å². The van der Waals surface area contributed by atoms with E-state index >= 15 is 0 Å². The summed E-state index contributed by atoms with van der Waals surface area (Å²) in [7, 11) is 2.17. The Kier molecular flexibility index (Phi) is 2.28. The quantitative estimate of drug-likeness (QED) is 0.572. The van der Waals surface area contributed by atoms with Crippen molar-refractivity contribution >= 4 is 17.7 Å². The van der Waals surface area contributed by atoms with Gasteiger partial charge in [-0.15, -0.1) is 11.8 Å². The number of carbonyl (C=O) groups is 1. The van der Waals surface area contributed by atoms with Crippen LogP contribution in [0.2, 0.25) is 0 Å². The summed E-state index contributed by atoms with van der Waals surface area (Å²) in [6, 6.07) is 0. The Balaban J connectivity index is 2.07. The van der Waals surface area contributed by atoms with Crippen LogP contribution >= 0.6 is 11.8 Å². The topological polar surface area (TPSA) is 23.6 Å². The number of carbonyl (C=O) groups excluding carboxylic acids is 1. The predicted octanol–water partition coefficient (Wildman–Crippen LogP) is 0.614. The molecule has 13 heavy (non-hydrogen) atoms. The van der Waals surface area contributed by atoms with Crippen molar-refractivity contribution in [3.63, 3.8) is 0 Å². The molecule has 0 aromatic carbocycles. The van der Waals surface area contributed by atoms with Gasteiger partial charge in [0, 0.05) is 32.3 Å². The number of likely N-dealkylation sites (N-methyl/N-ethyl adjacent to an activating group) is 1. The van der Waals surface area contributed by atoms with Crippen molar-refractivity contribution in [1.82, 2.24) is 9.80 Å². The zero-order valence-electron chi connectivity index (χ0n) is 8.25. The van der Waals surface area contributed by atoms with E-state index < -0.39 is 0 Å². The van der Waals surface area contributed by atoms with Crippen molar-refractivity contribution in [2.75, 3.05) is 32.4 Å². The highest BCUT2D eigenvalue weighted by molar-refractivity contribution is 8.00. The van der Waals surface area contributed by atoms with Crippen LogP contribution in [-0.2, 0) is 4.79 Å². The maximum absolute atomic E-state index is 11.2. The summed E-state index contributed by atoms with van der Waals surface area (Å²) in [5.41, 5.74) is 0. The molecule has 2 fully saturated rings. The molecule has 0 bridgehead atoms. The third-order valence-corrected chi connectivity index (χ3v) is 4.72. The van der Waals surface area contributed by atoms with Crippen molar-refractivity contribution in [3.05, 3.63) is 0 Å². The number of hydrogen-bond acceptors (Lipinski definition) is 3. The first-order valence-electron chi connectivity index (χ1n) is 4.75. The van der Waals surface area contributed by atoms with Crippen molar-refractivity contribution < 1.29 is 4.79 Å². The van der Waals surface area contributed by atoms with Crippen LogP contribution in [0.1, 0.15) is 13.3 Å². The minimum absolute atomic E-state index is 0.220. The molecule has 0 aliphatic carbocycles. The molecule has 4 heteroatoms. The van der Waals surface area contributed by atoms with Gasteiger partial charge < -0.3 is 4.90 Å². The predicted molar refractivity (Wildman–Crippen MR) is 54.7 cm³/mol. The Bertz CT molecular complexity index is 234. The number of thioether (sulfide) groups is 1. The Hall–Kier alpha value is -0.220. The molecule has 0 radical (unpaired) electrons. The van der Waals surface area contributed by atoms with Crippen LogP contribution in [0.15, 0.2) is 0 Å². The highest BCUT2D eigenvalue weighted by atomic mass is 32.2. The fraction of sp³-hybridized carbons (Fsp3) is 0.889. The SMILES string of the molecule is CC(=O)N1CCC2(C1)SCCN2C. The van der Waals surface area contributed by atoms with Crippen LogP contribution in [-0.4, -0.2) is 53.0 Å². The third kappa shape index (κ3) is 1.46. The summed E-state index contributed by atoms with van der Waals surface area (Å²) in [5, 5.41) is 0. The summed E-state index contributed by atoms with van der Waals surface area (Å²) < 4.78 is 0. The molecule has 2 rings (SSSR count). The number of rotatable bonds is 0. The Morgan fingerprint density at radius 3 is 2.69 bits per heavy atom. The largest absolute Gasteiger partial charge is 0.340 e. The van der Waals surface area contributed by atoms with Gasteiger partial charge in [0.15, 0.2) is 0 Å². The van der Waals surface area contributed by atoms with Gasteiger partial charge in [-0.2, -0.15) is 0 Å². The first-order valence-corrected chi connectivity index (χ1v) is 5.73. The highest BCUT2D eigenvalue weighted by Gasteiger charge is 2.45. The van der Waals surface area contributed by atoms with Gasteiger partial charge in [-0.1, -0.05) is 0 Å². The molecular formula is C9H16N2OS. The van der Waals surface area contributed by atoms with Gasteiger partial charge in [0.1, 0.15) is 0 Å². The molecule has 1 unspecified atom stereocenters. The van der Waals surface area contributed by atoms with E-state index in [1.807, 2.05) is 16.7 Å².